The first-order valence-electron chi connectivity index (χ1n) is 12.4. The number of anilines is 1. The van der Waals surface area contributed by atoms with E-state index in [0.29, 0.717) is 24.5 Å². The third-order valence-electron chi connectivity index (χ3n) is 6.67. The monoisotopic (exact) mass is 562 g/mol. The predicted octanol–water partition coefficient (Wildman–Crippen LogP) is 0.467. The summed E-state index contributed by atoms with van der Waals surface area (Å²) in [6.07, 6.45) is -1.26. The van der Waals surface area contributed by atoms with Crippen LogP contribution < -0.4 is 10.2 Å². The van der Waals surface area contributed by atoms with Crippen molar-refractivity contribution in [3.63, 3.8) is 0 Å². The minimum atomic E-state index is -4.72. The highest BCUT2D eigenvalue weighted by Gasteiger charge is 2.35. The Morgan fingerprint density at radius 3 is 2.33 bits per heavy atom. The topological polar surface area (TPSA) is 186 Å². The van der Waals surface area contributed by atoms with Crippen LogP contribution in [0.4, 0.5) is 10.6 Å². The Morgan fingerprint density at radius 2 is 1.74 bits per heavy atom. The van der Waals surface area contributed by atoms with Crippen molar-refractivity contribution in [3.8, 4) is 11.4 Å². The number of ether oxygens (including phenoxy) is 1. The molecule has 2 saturated heterocycles. The maximum Gasteiger partial charge on any atom is 0.407 e. The van der Waals surface area contributed by atoms with E-state index in [-0.39, 0.29) is 43.8 Å². The predicted molar refractivity (Wildman–Crippen MR) is 139 cm³/mol. The fourth-order valence-corrected chi connectivity index (χ4v) is 5.27. The number of nitrogens with zero attached hydrogens (tertiary/aromatic N) is 5. The van der Waals surface area contributed by atoms with E-state index < -0.39 is 37.7 Å². The number of aromatic nitrogens is 2. The Kier molecular flexibility index (Phi) is 8.80. The summed E-state index contributed by atoms with van der Waals surface area (Å²) in [5.74, 6) is -0.746. The lowest BCUT2D eigenvalue weighted by Crippen LogP contribution is -2.56. The van der Waals surface area contributed by atoms with Gasteiger partial charge in [0.05, 0.1) is 12.3 Å². The number of carbonyl (C=O) groups is 3. The molecule has 2 aliphatic rings. The van der Waals surface area contributed by atoms with Gasteiger partial charge in [0, 0.05) is 58.0 Å². The number of carboxylic acid groups (broad SMARTS) is 1. The molecule has 1 aromatic carbocycles. The molecule has 4 N–H and O–H groups in total. The number of hydrogen-bond donors (Lipinski definition) is 4. The molecular formula is C24H31N6O8P. The second-order valence-corrected chi connectivity index (χ2v) is 11.1. The normalized spacial score (nSPS) is 18.6. The molecule has 0 bridgehead atoms. The first-order valence-corrected chi connectivity index (χ1v) is 14.2. The Hall–Kier alpha value is -3.58. The number of nitrogens with one attached hydrogen (secondary N) is 1. The van der Waals surface area contributed by atoms with Gasteiger partial charge in [-0.3, -0.25) is 14.2 Å². The zero-order chi connectivity index (χ0) is 28.2. The summed E-state index contributed by atoms with van der Waals surface area (Å²) >= 11 is 0. The molecule has 39 heavy (non-hydrogen) atoms. The van der Waals surface area contributed by atoms with Gasteiger partial charge in [-0.05, 0) is 6.42 Å². The summed E-state index contributed by atoms with van der Waals surface area (Å²) in [6, 6.07) is 8.96. The largest absolute Gasteiger partial charge is 0.465 e. The van der Waals surface area contributed by atoms with Crippen molar-refractivity contribution in [1.29, 1.82) is 0 Å². The summed E-state index contributed by atoms with van der Waals surface area (Å²) in [5, 5.41) is 11.6. The SMILES string of the molecule is CO[C@H]1CCN(c2cc(C(=O)N[C@@H](CP(=O)(O)O)C(=O)N3CCN(C(=O)O)CC3)nc(-c3ccccc3)n2)C1. The molecule has 0 saturated carbocycles. The molecule has 3 amide bonds. The smallest absolute Gasteiger partial charge is 0.407 e. The second-order valence-electron chi connectivity index (χ2n) is 9.36. The zero-order valence-corrected chi connectivity index (χ0v) is 22.2. The van der Waals surface area contributed by atoms with E-state index in [1.807, 2.05) is 11.0 Å². The summed E-state index contributed by atoms with van der Waals surface area (Å²) in [7, 11) is -3.09. The Morgan fingerprint density at radius 1 is 1.08 bits per heavy atom. The molecule has 15 heteroatoms. The lowest BCUT2D eigenvalue weighted by atomic mass is 10.2. The third-order valence-corrected chi connectivity index (χ3v) is 7.51. The van der Waals surface area contributed by atoms with Crippen LogP contribution in [0, 0.1) is 0 Å². The van der Waals surface area contributed by atoms with Gasteiger partial charge in [0.2, 0.25) is 5.91 Å². The van der Waals surface area contributed by atoms with Crippen LogP contribution >= 0.6 is 7.60 Å². The van der Waals surface area contributed by atoms with Gasteiger partial charge in [0.25, 0.3) is 5.91 Å². The van der Waals surface area contributed by atoms with E-state index in [1.165, 1.54) is 11.0 Å². The first-order chi connectivity index (χ1) is 18.5. The van der Waals surface area contributed by atoms with Crippen molar-refractivity contribution < 1.29 is 38.6 Å². The molecule has 0 radical (unpaired) electrons. The van der Waals surface area contributed by atoms with E-state index in [4.69, 9.17) is 9.84 Å². The van der Waals surface area contributed by atoms with Gasteiger partial charge in [-0.25, -0.2) is 14.8 Å². The average molecular weight is 563 g/mol. The number of hydrogen-bond acceptors (Lipinski definition) is 8. The first kappa shape index (κ1) is 28.4. The summed E-state index contributed by atoms with van der Waals surface area (Å²) in [5.41, 5.74) is 0.592. The molecule has 2 atom stereocenters. The van der Waals surface area contributed by atoms with Crippen molar-refractivity contribution in [3.05, 3.63) is 42.1 Å². The second kappa shape index (κ2) is 12.1. The highest BCUT2D eigenvalue weighted by molar-refractivity contribution is 7.51. The molecule has 2 aromatic rings. The summed E-state index contributed by atoms with van der Waals surface area (Å²) in [6.45, 7) is 1.36. The van der Waals surface area contributed by atoms with Crippen LogP contribution in [-0.4, -0.2) is 117 Å². The van der Waals surface area contributed by atoms with Crippen LogP contribution in [0.15, 0.2) is 36.4 Å². The van der Waals surface area contributed by atoms with Gasteiger partial charge in [-0.2, -0.15) is 0 Å². The van der Waals surface area contributed by atoms with Gasteiger partial charge >= 0.3 is 13.7 Å². The van der Waals surface area contributed by atoms with E-state index >= 15 is 0 Å². The summed E-state index contributed by atoms with van der Waals surface area (Å²) < 4.78 is 17.3. The van der Waals surface area contributed by atoms with Crippen LogP contribution in [0.3, 0.4) is 0 Å². The maximum absolute atomic E-state index is 13.4. The average Bonchev–Trinajstić information content (AvgIpc) is 3.41. The number of rotatable bonds is 8. The van der Waals surface area contributed by atoms with Gasteiger partial charge in [0.1, 0.15) is 17.6 Å². The Balaban J connectivity index is 1.60. The van der Waals surface area contributed by atoms with Gasteiger partial charge < -0.3 is 39.6 Å². The lowest BCUT2D eigenvalue weighted by Gasteiger charge is -2.35. The summed E-state index contributed by atoms with van der Waals surface area (Å²) in [4.78, 5) is 70.4. The highest BCUT2D eigenvalue weighted by atomic mass is 31.2. The van der Waals surface area contributed by atoms with Crippen molar-refractivity contribution in [2.45, 2.75) is 18.6 Å². The highest BCUT2D eigenvalue weighted by Crippen LogP contribution is 2.35. The molecule has 210 valence electrons. The van der Waals surface area contributed by atoms with Gasteiger partial charge in [-0.15, -0.1) is 0 Å². The molecule has 0 spiro atoms. The lowest BCUT2D eigenvalue weighted by molar-refractivity contribution is -0.134. The number of amides is 3. The van der Waals surface area contributed by atoms with E-state index in [9.17, 15) is 28.7 Å². The van der Waals surface area contributed by atoms with Crippen LogP contribution in [0.1, 0.15) is 16.9 Å². The number of carbonyl (C=O) groups excluding carboxylic acids is 2. The Labute approximate surface area is 224 Å². The van der Waals surface area contributed by atoms with Crippen LogP contribution in [0.2, 0.25) is 0 Å². The zero-order valence-electron chi connectivity index (χ0n) is 21.3. The molecule has 4 rings (SSSR count). The molecule has 14 nitrogen and oxygen atoms in total. The fourth-order valence-electron chi connectivity index (χ4n) is 4.55. The van der Waals surface area contributed by atoms with E-state index in [1.54, 1.807) is 31.4 Å². The quantitative estimate of drug-likeness (QED) is 0.328. The van der Waals surface area contributed by atoms with Crippen LogP contribution in [-0.2, 0) is 14.1 Å². The maximum atomic E-state index is 13.4. The molecule has 3 heterocycles. The van der Waals surface area contributed by atoms with Crippen molar-refractivity contribution >= 4 is 31.3 Å². The molecule has 0 unspecified atom stereocenters. The number of methoxy groups -OCH3 is 1. The molecular weight excluding hydrogens is 531 g/mol. The van der Waals surface area contributed by atoms with Crippen molar-refractivity contribution in [2.75, 3.05) is 57.4 Å². The minimum Gasteiger partial charge on any atom is -0.465 e. The molecule has 1 aromatic heterocycles. The molecule has 0 aliphatic carbocycles. The molecule has 2 aliphatic heterocycles. The standard InChI is InChI=1S/C24H31N6O8P/c1-38-17-7-8-30(14-17)20-13-18(25-21(27-20)16-5-3-2-4-6-16)22(31)26-19(15-39(35,36)37)23(32)28-9-11-29(12-10-28)24(33)34/h2-6,13,17,19H,7-12,14-15H2,1H3,(H,26,31)(H,33,34)(H2,35,36,37)/t17-,19-/m0/s1. The molecule has 2 fully saturated rings. The van der Waals surface area contributed by atoms with Gasteiger partial charge in [0.15, 0.2) is 5.82 Å². The van der Waals surface area contributed by atoms with E-state index in [2.05, 4.69) is 15.3 Å². The minimum absolute atomic E-state index is 0.00395. The fraction of sp³-hybridized carbons (Fsp3) is 0.458. The third kappa shape index (κ3) is 7.30. The van der Waals surface area contributed by atoms with Crippen molar-refractivity contribution in [1.82, 2.24) is 25.1 Å². The van der Waals surface area contributed by atoms with Crippen molar-refractivity contribution in [2.24, 2.45) is 0 Å². The van der Waals surface area contributed by atoms with Crippen LogP contribution in [0.5, 0.6) is 0 Å². The van der Waals surface area contributed by atoms with E-state index in [0.717, 1.165) is 11.3 Å². The number of piperazine rings is 1. The Bertz CT molecular complexity index is 1250. The van der Waals surface area contributed by atoms with Gasteiger partial charge in [-0.1, -0.05) is 30.3 Å². The van der Waals surface area contributed by atoms with Crippen LogP contribution in [0.25, 0.3) is 11.4 Å². The number of benzene rings is 1.